The van der Waals surface area contributed by atoms with Crippen molar-refractivity contribution in [3.05, 3.63) is 32.5 Å². The molecule has 1 saturated carbocycles. The van der Waals surface area contributed by atoms with E-state index in [0.29, 0.717) is 18.4 Å². The van der Waals surface area contributed by atoms with E-state index in [0.717, 1.165) is 12.8 Å². The van der Waals surface area contributed by atoms with Crippen LogP contribution in [0.5, 0.6) is 0 Å². The fraction of sp³-hybridized carbons (Fsp3) is 0.538. The van der Waals surface area contributed by atoms with E-state index in [4.69, 9.17) is 0 Å². The van der Waals surface area contributed by atoms with E-state index in [1.807, 2.05) is 0 Å². The van der Waals surface area contributed by atoms with E-state index in [-0.39, 0.29) is 15.8 Å². The summed E-state index contributed by atoms with van der Waals surface area (Å²) in [6.07, 6.45) is 3.45. The molecule has 19 heavy (non-hydrogen) atoms. The molecule has 104 valence electrons. The lowest BCUT2D eigenvalue weighted by Crippen LogP contribution is -2.12. The molecule has 1 aromatic rings. The summed E-state index contributed by atoms with van der Waals surface area (Å²) in [5, 5.41) is 14.0. The van der Waals surface area contributed by atoms with Crippen LogP contribution in [0.1, 0.15) is 26.2 Å². The second kappa shape index (κ2) is 5.86. The Morgan fingerprint density at radius 3 is 2.84 bits per heavy atom. The molecule has 4 nitrogen and oxygen atoms in total. The number of nitro benzene ring substituents is 1. The van der Waals surface area contributed by atoms with Crippen molar-refractivity contribution in [2.45, 2.75) is 26.2 Å². The number of anilines is 1. The molecule has 0 saturated heterocycles. The molecule has 2 unspecified atom stereocenters. The maximum Gasteiger partial charge on any atom is 0.293 e. The van der Waals surface area contributed by atoms with Gasteiger partial charge in [-0.3, -0.25) is 10.1 Å². The maximum atomic E-state index is 13.5. The number of benzene rings is 1. The summed E-state index contributed by atoms with van der Waals surface area (Å²) in [6, 6.07) is 2.38. The minimum absolute atomic E-state index is 0.0979. The zero-order valence-corrected chi connectivity index (χ0v) is 12.2. The van der Waals surface area contributed by atoms with Gasteiger partial charge in [-0.15, -0.1) is 0 Å². The van der Waals surface area contributed by atoms with Crippen molar-refractivity contribution in [2.24, 2.45) is 11.8 Å². The van der Waals surface area contributed by atoms with Crippen LogP contribution in [-0.2, 0) is 0 Å². The Bertz CT molecular complexity index is 496. The second-order valence-electron chi connectivity index (χ2n) is 5.21. The number of nitrogens with one attached hydrogen (secondary N) is 1. The highest BCUT2D eigenvalue weighted by Gasteiger charge is 2.23. The molecule has 0 spiro atoms. The third kappa shape index (κ3) is 3.43. The van der Waals surface area contributed by atoms with Crippen LogP contribution in [0.4, 0.5) is 15.8 Å². The molecule has 1 aliphatic rings. The molecule has 0 aliphatic heterocycles. The first-order valence-corrected chi connectivity index (χ1v) is 7.14. The van der Waals surface area contributed by atoms with Crippen LogP contribution in [0.3, 0.4) is 0 Å². The van der Waals surface area contributed by atoms with E-state index in [9.17, 15) is 14.5 Å². The van der Waals surface area contributed by atoms with E-state index in [1.165, 1.54) is 18.6 Å². The van der Waals surface area contributed by atoms with Crippen molar-refractivity contribution in [3.63, 3.8) is 0 Å². The van der Waals surface area contributed by atoms with Gasteiger partial charge in [-0.05, 0) is 40.6 Å². The zero-order chi connectivity index (χ0) is 14.0. The average molecular weight is 331 g/mol. The van der Waals surface area contributed by atoms with Crippen LogP contribution in [-0.4, -0.2) is 11.5 Å². The summed E-state index contributed by atoms with van der Waals surface area (Å²) in [7, 11) is 0. The molecule has 0 bridgehead atoms. The number of nitro groups is 1. The summed E-state index contributed by atoms with van der Waals surface area (Å²) in [6.45, 7) is 2.87. The quantitative estimate of drug-likeness (QED) is 0.659. The number of nitrogens with zero attached hydrogens (tertiary/aromatic N) is 1. The molecule has 0 aromatic heterocycles. The van der Waals surface area contributed by atoms with Gasteiger partial charge in [0.25, 0.3) is 5.69 Å². The van der Waals surface area contributed by atoms with Gasteiger partial charge in [0.1, 0.15) is 11.5 Å². The molecule has 2 rings (SSSR count). The lowest BCUT2D eigenvalue weighted by molar-refractivity contribution is -0.384. The minimum atomic E-state index is -0.496. The van der Waals surface area contributed by atoms with E-state index in [1.54, 1.807) is 0 Å². The van der Waals surface area contributed by atoms with Crippen molar-refractivity contribution in [1.82, 2.24) is 0 Å². The summed E-state index contributed by atoms with van der Waals surface area (Å²) in [5.74, 6) is 0.734. The smallest absolute Gasteiger partial charge is 0.293 e. The van der Waals surface area contributed by atoms with Crippen molar-refractivity contribution < 1.29 is 9.31 Å². The third-order valence-corrected chi connectivity index (χ3v) is 4.23. The molecule has 2 atom stereocenters. The normalized spacial score (nSPS) is 22.5. The molecule has 1 aliphatic carbocycles. The summed E-state index contributed by atoms with van der Waals surface area (Å²) in [5.41, 5.74) is 0.157. The molecule has 1 aromatic carbocycles. The van der Waals surface area contributed by atoms with Gasteiger partial charge in [-0.1, -0.05) is 13.3 Å². The Morgan fingerprint density at radius 1 is 1.53 bits per heavy atom. The average Bonchev–Trinajstić information content (AvgIpc) is 2.76. The Kier molecular flexibility index (Phi) is 4.39. The van der Waals surface area contributed by atoms with Crippen molar-refractivity contribution >= 4 is 27.3 Å². The SMILES string of the molecule is CC1CCC(CNc2cc(F)c(Br)cc2[N+](=O)[O-])C1. The Labute approximate surface area is 119 Å². The van der Waals surface area contributed by atoms with Crippen LogP contribution in [0.15, 0.2) is 16.6 Å². The van der Waals surface area contributed by atoms with Crippen LogP contribution in [0.2, 0.25) is 0 Å². The monoisotopic (exact) mass is 330 g/mol. The standard InChI is InChI=1S/C13H16BrFN2O2/c1-8-2-3-9(4-8)7-16-12-6-11(15)10(14)5-13(12)17(18)19/h5-6,8-9,16H,2-4,7H2,1H3. The summed E-state index contributed by atoms with van der Waals surface area (Å²) in [4.78, 5) is 10.5. The fourth-order valence-corrected chi connectivity index (χ4v) is 2.92. The Balaban J connectivity index is 2.10. The second-order valence-corrected chi connectivity index (χ2v) is 6.06. The van der Waals surface area contributed by atoms with Crippen LogP contribution < -0.4 is 5.32 Å². The van der Waals surface area contributed by atoms with Gasteiger partial charge in [0, 0.05) is 18.7 Å². The van der Waals surface area contributed by atoms with Crippen LogP contribution >= 0.6 is 15.9 Å². The molecule has 0 radical (unpaired) electrons. The first kappa shape index (κ1) is 14.2. The van der Waals surface area contributed by atoms with Crippen LogP contribution in [0.25, 0.3) is 0 Å². The number of halogens is 2. The van der Waals surface area contributed by atoms with E-state index >= 15 is 0 Å². The summed E-state index contributed by atoms with van der Waals surface area (Å²) >= 11 is 2.97. The van der Waals surface area contributed by atoms with E-state index < -0.39 is 10.7 Å². The maximum absolute atomic E-state index is 13.5. The van der Waals surface area contributed by atoms with Crippen molar-refractivity contribution in [2.75, 3.05) is 11.9 Å². The minimum Gasteiger partial charge on any atom is -0.379 e. The van der Waals surface area contributed by atoms with Gasteiger partial charge < -0.3 is 5.32 Å². The zero-order valence-electron chi connectivity index (χ0n) is 10.7. The van der Waals surface area contributed by atoms with Gasteiger partial charge in [-0.25, -0.2) is 4.39 Å². The number of rotatable bonds is 4. The molecule has 1 fully saturated rings. The highest BCUT2D eigenvalue weighted by molar-refractivity contribution is 9.10. The predicted octanol–water partition coefficient (Wildman–Crippen LogP) is 4.34. The molecule has 6 heteroatoms. The third-order valence-electron chi connectivity index (χ3n) is 3.62. The molecule has 0 amide bonds. The lowest BCUT2D eigenvalue weighted by atomic mass is 10.1. The largest absolute Gasteiger partial charge is 0.379 e. The van der Waals surface area contributed by atoms with Gasteiger partial charge in [-0.2, -0.15) is 0 Å². The van der Waals surface area contributed by atoms with E-state index in [2.05, 4.69) is 28.2 Å². The Hall–Kier alpha value is -1.17. The molecular weight excluding hydrogens is 315 g/mol. The first-order valence-electron chi connectivity index (χ1n) is 6.34. The van der Waals surface area contributed by atoms with Crippen molar-refractivity contribution in [1.29, 1.82) is 0 Å². The van der Waals surface area contributed by atoms with Gasteiger partial charge in [0.15, 0.2) is 0 Å². The molecule has 1 N–H and O–H groups in total. The first-order chi connectivity index (χ1) is 8.97. The van der Waals surface area contributed by atoms with Crippen LogP contribution in [0, 0.1) is 27.8 Å². The molecule has 0 heterocycles. The highest BCUT2D eigenvalue weighted by atomic mass is 79.9. The van der Waals surface area contributed by atoms with Gasteiger partial charge in [0.05, 0.1) is 9.40 Å². The fourth-order valence-electron chi connectivity index (χ4n) is 2.59. The van der Waals surface area contributed by atoms with Gasteiger partial charge in [0.2, 0.25) is 0 Å². The Morgan fingerprint density at radius 2 is 2.26 bits per heavy atom. The number of hydrogen-bond donors (Lipinski definition) is 1. The van der Waals surface area contributed by atoms with Crippen molar-refractivity contribution in [3.8, 4) is 0 Å². The number of hydrogen-bond acceptors (Lipinski definition) is 3. The lowest BCUT2D eigenvalue weighted by Gasteiger charge is -2.13. The molecular formula is C13H16BrFN2O2. The highest BCUT2D eigenvalue weighted by Crippen LogP contribution is 2.33. The topological polar surface area (TPSA) is 55.2 Å². The van der Waals surface area contributed by atoms with Gasteiger partial charge >= 0.3 is 0 Å². The predicted molar refractivity (Wildman–Crippen MR) is 75.7 cm³/mol. The summed E-state index contributed by atoms with van der Waals surface area (Å²) < 4.78 is 13.6.